The number of H-pyrrole nitrogens is 1. The Balaban J connectivity index is 0.000000194. The number of carbonyl (C=O) groups is 2. The number of aromatic amines is 1. The number of nitrogens with one attached hydrogen (secondary N) is 1. The topological polar surface area (TPSA) is 82.6 Å². The van der Waals surface area contributed by atoms with Crippen molar-refractivity contribution in [2.24, 2.45) is 0 Å². The number of esters is 2. The molecule has 0 amide bonds. The highest BCUT2D eigenvalue weighted by molar-refractivity contribution is 5.96. The monoisotopic (exact) mass is 450 g/mol. The first-order chi connectivity index (χ1) is 15.9. The van der Waals surface area contributed by atoms with Crippen LogP contribution in [-0.4, -0.2) is 49.4 Å². The Morgan fingerprint density at radius 2 is 1.52 bits per heavy atom. The van der Waals surface area contributed by atoms with Crippen molar-refractivity contribution in [3.8, 4) is 0 Å². The van der Waals surface area contributed by atoms with Crippen LogP contribution in [0.5, 0.6) is 0 Å². The summed E-state index contributed by atoms with van der Waals surface area (Å²) in [5, 5.41) is 2.31. The van der Waals surface area contributed by atoms with Crippen molar-refractivity contribution in [2.45, 2.75) is 26.8 Å². The van der Waals surface area contributed by atoms with Crippen molar-refractivity contribution in [1.29, 1.82) is 0 Å². The average Bonchev–Trinajstić information content (AvgIpc) is 3.37. The lowest BCUT2D eigenvalue weighted by molar-refractivity contribution is 0.0592. The minimum absolute atomic E-state index is 0.302. The van der Waals surface area contributed by atoms with E-state index in [0.29, 0.717) is 11.1 Å². The van der Waals surface area contributed by atoms with Gasteiger partial charge in [0.05, 0.1) is 25.3 Å². The first kappa shape index (κ1) is 24.1. The van der Waals surface area contributed by atoms with Crippen LogP contribution in [0.2, 0.25) is 0 Å². The molecule has 0 spiro atoms. The van der Waals surface area contributed by atoms with Crippen LogP contribution in [0.4, 0.5) is 0 Å². The van der Waals surface area contributed by atoms with Crippen LogP contribution in [0.15, 0.2) is 48.8 Å². The van der Waals surface area contributed by atoms with Crippen LogP contribution in [0, 0.1) is 13.8 Å². The molecule has 0 aliphatic carbocycles. The van der Waals surface area contributed by atoms with Gasteiger partial charge in [0.25, 0.3) is 0 Å². The Kier molecular flexibility index (Phi) is 7.90. The van der Waals surface area contributed by atoms with E-state index in [1.165, 1.54) is 30.7 Å². The standard InChI is InChI=1S/C15H19NO3.C11H11NO2/c1-11-10-16(7-4-8-18-2)14-9-12(15(17)19-3)5-6-13(11)14;1-7-6-12-10-5-8(11(13)14-2)3-4-9(7)10/h5-6,9-10H,4,7-8H2,1-3H3;3-6,12H,1-2H3. The molecule has 0 atom stereocenters. The van der Waals surface area contributed by atoms with E-state index in [9.17, 15) is 9.59 Å². The summed E-state index contributed by atoms with van der Waals surface area (Å²) in [5.41, 5.74) is 5.57. The fourth-order valence-corrected chi connectivity index (χ4v) is 3.80. The number of carbonyl (C=O) groups excluding carboxylic acids is 2. The Labute approximate surface area is 193 Å². The third-order valence-electron chi connectivity index (χ3n) is 5.56. The largest absolute Gasteiger partial charge is 0.465 e. The molecule has 0 aliphatic heterocycles. The molecule has 0 radical (unpaired) electrons. The molecule has 0 saturated heterocycles. The van der Waals surface area contributed by atoms with Gasteiger partial charge in [0.2, 0.25) is 0 Å². The number of fused-ring (bicyclic) bond motifs is 2. The molecule has 0 aliphatic rings. The lowest BCUT2D eigenvalue weighted by atomic mass is 10.1. The van der Waals surface area contributed by atoms with E-state index >= 15 is 0 Å². The van der Waals surface area contributed by atoms with E-state index in [0.717, 1.165) is 36.0 Å². The molecule has 4 rings (SSSR count). The molecule has 0 unspecified atom stereocenters. The van der Waals surface area contributed by atoms with Crippen LogP contribution in [-0.2, 0) is 20.8 Å². The molecule has 7 heteroatoms. The zero-order valence-electron chi connectivity index (χ0n) is 19.7. The van der Waals surface area contributed by atoms with Gasteiger partial charge in [-0.05, 0) is 55.7 Å². The van der Waals surface area contributed by atoms with Crippen LogP contribution in [0.1, 0.15) is 38.3 Å². The zero-order valence-corrected chi connectivity index (χ0v) is 19.7. The number of nitrogens with zero attached hydrogens (tertiary/aromatic N) is 1. The molecule has 0 saturated carbocycles. The predicted molar refractivity (Wildman–Crippen MR) is 129 cm³/mol. The molecule has 4 aromatic rings. The number of hydrogen-bond acceptors (Lipinski definition) is 5. The third-order valence-corrected chi connectivity index (χ3v) is 5.56. The second kappa shape index (κ2) is 10.8. The van der Waals surface area contributed by atoms with E-state index in [4.69, 9.17) is 9.47 Å². The van der Waals surface area contributed by atoms with Gasteiger partial charge in [-0.1, -0.05) is 12.1 Å². The summed E-state index contributed by atoms with van der Waals surface area (Å²) >= 11 is 0. The Morgan fingerprint density at radius 1 is 0.879 bits per heavy atom. The van der Waals surface area contributed by atoms with Crippen molar-refractivity contribution in [2.75, 3.05) is 27.9 Å². The fraction of sp³-hybridized carbons (Fsp3) is 0.308. The minimum Gasteiger partial charge on any atom is -0.465 e. The van der Waals surface area contributed by atoms with Gasteiger partial charge in [0, 0.05) is 54.5 Å². The normalized spacial score (nSPS) is 10.7. The Hall–Kier alpha value is -3.58. The Morgan fingerprint density at radius 3 is 2.15 bits per heavy atom. The lowest BCUT2D eigenvalue weighted by Crippen LogP contribution is -2.03. The molecule has 2 aromatic heterocycles. The lowest BCUT2D eigenvalue weighted by Gasteiger charge is -2.06. The highest BCUT2D eigenvalue weighted by Gasteiger charge is 2.11. The summed E-state index contributed by atoms with van der Waals surface area (Å²) in [5.74, 6) is -0.608. The van der Waals surface area contributed by atoms with E-state index in [1.54, 1.807) is 25.3 Å². The number of methoxy groups -OCH3 is 3. The summed E-state index contributed by atoms with van der Waals surface area (Å²) < 4.78 is 16.6. The number of ether oxygens (including phenoxy) is 3. The van der Waals surface area contributed by atoms with Gasteiger partial charge in [0.1, 0.15) is 0 Å². The second-order valence-corrected chi connectivity index (χ2v) is 7.80. The van der Waals surface area contributed by atoms with Crippen LogP contribution in [0.25, 0.3) is 21.8 Å². The van der Waals surface area contributed by atoms with Crippen molar-refractivity contribution in [3.05, 3.63) is 71.0 Å². The quantitative estimate of drug-likeness (QED) is 0.329. The van der Waals surface area contributed by atoms with Gasteiger partial charge >= 0.3 is 11.9 Å². The molecular weight excluding hydrogens is 420 g/mol. The summed E-state index contributed by atoms with van der Waals surface area (Å²) in [6, 6.07) is 11.2. The predicted octanol–water partition coefficient (Wildman–Crippen LogP) is 5.04. The van der Waals surface area contributed by atoms with Gasteiger partial charge in [-0.15, -0.1) is 0 Å². The van der Waals surface area contributed by atoms with Gasteiger partial charge in [-0.3, -0.25) is 0 Å². The van der Waals surface area contributed by atoms with Crippen molar-refractivity contribution >= 4 is 33.7 Å². The van der Waals surface area contributed by atoms with Crippen molar-refractivity contribution in [3.63, 3.8) is 0 Å². The first-order valence-electron chi connectivity index (χ1n) is 10.7. The highest BCUT2D eigenvalue weighted by Crippen LogP contribution is 2.23. The fourth-order valence-electron chi connectivity index (χ4n) is 3.80. The molecule has 0 fully saturated rings. The van der Waals surface area contributed by atoms with E-state index in [2.05, 4.69) is 27.4 Å². The molecule has 33 heavy (non-hydrogen) atoms. The SMILES string of the molecule is COC(=O)c1ccc2c(C)c[nH]c2c1.COCCCn1cc(C)c2ccc(C(=O)OC)cc21. The van der Waals surface area contributed by atoms with Gasteiger partial charge < -0.3 is 23.8 Å². The zero-order chi connectivity index (χ0) is 24.0. The number of rotatable bonds is 6. The van der Waals surface area contributed by atoms with E-state index < -0.39 is 0 Å². The molecule has 7 nitrogen and oxygen atoms in total. The van der Waals surface area contributed by atoms with E-state index in [1.807, 2.05) is 31.3 Å². The molecule has 2 aromatic carbocycles. The van der Waals surface area contributed by atoms with Gasteiger partial charge in [0.15, 0.2) is 0 Å². The van der Waals surface area contributed by atoms with Gasteiger partial charge in [-0.2, -0.15) is 0 Å². The molecule has 1 N–H and O–H groups in total. The molecular formula is C26H30N2O5. The summed E-state index contributed by atoms with van der Waals surface area (Å²) in [6.07, 6.45) is 4.98. The number of hydrogen-bond donors (Lipinski definition) is 1. The molecule has 174 valence electrons. The average molecular weight is 451 g/mol. The third kappa shape index (κ3) is 5.43. The maximum atomic E-state index is 11.6. The Bertz CT molecular complexity index is 1270. The first-order valence-corrected chi connectivity index (χ1v) is 10.7. The maximum absolute atomic E-state index is 11.6. The molecule has 2 heterocycles. The number of aromatic nitrogens is 2. The number of aryl methyl sites for hydroxylation is 3. The van der Waals surface area contributed by atoms with Gasteiger partial charge in [-0.25, -0.2) is 9.59 Å². The van der Waals surface area contributed by atoms with Crippen molar-refractivity contribution < 1.29 is 23.8 Å². The molecule has 0 bridgehead atoms. The summed E-state index contributed by atoms with van der Waals surface area (Å²) in [7, 11) is 4.48. The van der Waals surface area contributed by atoms with Crippen LogP contribution >= 0.6 is 0 Å². The van der Waals surface area contributed by atoms with Crippen molar-refractivity contribution in [1.82, 2.24) is 9.55 Å². The van der Waals surface area contributed by atoms with E-state index in [-0.39, 0.29) is 11.9 Å². The second-order valence-electron chi connectivity index (χ2n) is 7.80. The number of benzene rings is 2. The minimum atomic E-state index is -0.306. The summed E-state index contributed by atoms with van der Waals surface area (Å²) in [6.45, 7) is 5.71. The van der Waals surface area contributed by atoms with Crippen LogP contribution < -0.4 is 0 Å². The summed E-state index contributed by atoms with van der Waals surface area (Å²) in [4.78, 5) is 25.9. The smallest absolute Gasteiger partial charge is 0.337 e. The maximum Gasteiger partial charge on any atom is 0.337 e. The highest BCUT2D eigenvalue weighted by atomic mass is 16.5. The van der Waals surface area contributed by atoms with Crippen LogP contribution in [0.3, 0.4) is 0 Å².